The van der Waals surface area contributed by atoms with Crippen molar-refractivity contribution in [2.45, 2.75) is 19.4 Å². The highest BCUT2D eigenvalue weighted by Crippen LogP contribution is 2.50. The van der Waals surface area contributed by atoms with Crippen molar-refractivity contribution < 1.29 is 18.9 Å². The molecule has 0 radical (unpaired) electrons. The molecule has 0 N–H and O–H groups in total. The van der Waals surface area contributed by atoms with Crippen LogP contribution in [0.1, 0.15) is 34.1 Å². The van der Waals surface area contributed by atoms with Crippen LogP contribution in [0.25, 0.3) is 11.3 Å². The fourth-order valence-corrected chi connectivity index (χ4v) is 5.26. The molecule has 41 heavy (non-hydrogen) atoms. The lowest BCUT2D eigenvalue weighted by atomic mass is 9.84. The lowest BCUT2D eigenvalue weighted by Gasteiger charge is -2.26. The van der Waals surface area contributed by atoms with Crippen molar-refractivity contribution in [2.75, 3.05) is 14.2 Å². The summed E-state index contributed by atoms with van der Waals surface area (Å²) in [4.78, 5) is 9.56. The van der Waals surface area contributed by atoms with E-state index in [1.165, 1.54) is 0 Å². The molecule has 10 heteroatoms. The smallest absolute Gasteiger partial charge is 0.230 e. The van der Waals surface area contributed by atoms with Gasteiger partial charge in [-0.1, -0.05) is 42.5 Å². The molecular weight excluding hydrogens is 520 g/mol. The van der Waals surface area contributed by atoms with Crippen LogP contribution in [0.3, 0.4) is 0 Å². The van der Waals surface area contributed by atoms with Gasteiger partial charge in [-0.3, -0.25) is 0 Å². The van der Waals surface area contributed by atoms with Crippen LogP contribution in [0.5, 0.6) is 29.0 Å². The van der Waals surface area contributed by atoms with Crippen molar-refractivity contribution in [2.24, 2.45) is 0 Å². The Hall–Kier alpha value is -5.38. The first-order valence-electron chi connectivity index (χ1n) is 13.1. The number of benzene rings is 3. The first kappa shape index (κ1) is 24.6. The van der Waals surface area contributed by atoms with Crippen LogP contribution in [0.2, 0.25) is 0 Å². The highest BCUT2D eigenvalue weighted by atomic mass is 16.5. The molecule has 0 aliphatic carbocycles. The van der Waals surface area contributed by atoms with Gasteiger partial charge in [0.15, 0.2) is 23.0 Å². The number of methoxy groups -OCH3 is 2. The standard InChI is InChI=1S/C31H26N6O4/c1-19-26-27(20-14-15-23(38-2)24(16-20)39-3)28-29-33-25(17-40-22-12-8-5-9-13-22)35-36(29)18-32-30(28)41-31(26)37(34-19)21-10-6-4-7-11-21/h4-16,18,27H,17H2,1-3H3. The van der Waals surface area contributed by atoms with Crippen molar-refractivity contribution in [3.8, 4) is 34.7 Å². The first-order valence-corrected chi connectivity index (χ1v) is 13.1. The molecule has 3 aromatic heterocycles. The highest BCUT2D eigenvalue weighted by Gasteiger charge is 2.38. The molecular formula is C31H26N6O4. The molecule has 1 atom stereocenters. The lowest BCUT2D eigenvalue weighted by Crippen LogP contribution is -2.16. The summed E-state index contributed by atoms with van der Waals surface area (Å²) in [5, 5.41) is 9.54. The van der Waals surface area contributed by atoms with Gasteiger partial charge in [0, 0.05) is 0 Å². The van der Waals surface area contributed by atoms with Crippen LogP contribution in [-0.4, -0.2) is 43.6 Å². The van der Waals surface area contributed by atoms with E-state index in [4.69, 9.17) is 29.0 Å². The van der Waals surface area contributed by atoms with Gasteiger partial charge in [-0.05, 0) is 48.9 Å². The average Bonchev–Trinajstić information content (AvgIpc) is 3.60. The maximum Gasteiger partial charge on any atom is 0.230 e. The van der Waals surface area contributed by atoms with Crippen molar-refractivity contribution in [3.05, 3.63) is 113 Å². The minimum Gasteiger partial charge on any atom is -0.493 e. The molecule has 1 aliphatic rings. The Kier molecular flexibility index (Phi) is 6.00. The van der Waals surface area contributed by atoms with Gasteiger partial charge in [0.05, 0.1) is 42.6 Å². The van der Waals surface area contributed by atoms with Gasteiger partial charge in [-0.2, -0.15) is 5.10 Å². The van der Waals surface area contributed by atoms with E-state index < -0.39 is 0 Å². The second-order valence-electron chi connectivity index (χ2n) is 9.56. The van der Waals surface area contributed by atoms with Crippen LogP contribution in [0, 0.1) is 6.92 Å². The summed E-state index contributed by atoms with van der Waals surface area (Å²) in [5.41, 5.74) is 4.97. The van der Waals surface area contributed by atoms with Crippen molar-refractivity contribution in [1.29, 1.82) is 0 Å². The second-order valence-corrected chi connectivity index (χ2v) is 9.56. The Morgan fingerprint density at radius 1 is 0.854 bits per heavy atom. The largest absolute Gasteiger partial charge is 0.493 e. The number of hydrogen-bond donors (Lipinski definition) is 0. The van der Waals surface area contributed by atoms with E-state index in [-0.39, 0.29) is 12.5 Å². The average molecular weight is 547 g/mol. The van der Waals surface area contributed by atoms with Gasteiger partial charge < -0.3 is 18.9 Å². The van der Waals surface area contributed by atoms with Crippen molar-refractivity contribution >= 4 is 5.65 Å². The summed E-state index contributed by atoms with van der Waals surface area (Å²) in [7, 11) is 3.25. The molecule has 0 saturated carbocycles. The van der Waals surface area contributed by atoms with Crippen LogP contribution in [0.15, 0.2) is 85.2 Å². The third-order valence-corrected chi connectivity index (χ3v) is 7.12. The molecule has 1 unspecified atom stereocenters. The van der Waals surface area contributed by atoms with Gasteiger partial charge in [0.25, 0.3) is 0 Å². The van der Waals surface area contributed by atoms with E-state index >= 15 is 0 Å². The SMILES string of the molecule is COc1ccc(C2c3c(C)nn(-c4ccccc4)c3Oc3ncn4nc(COc5ccccc5)nc4c32)cc1OC. The van der Waals surface area contributed by atoms with Crippen molar-refractivity contribution in [3.63, 3.8) is 0 Å². The molecule has 1 aliphatic heterocycles. The van der Waals surface area contributed by atoms with E-state index in [1.54, 1.807) is 25.1 Å². The molecule has 0 amide bonds. The van der Waals surface area contributed by atoms with E-state index in [0.29, 0.717) is 34.7 Å². The zero-order valence-corrected chi connectivity index (χ0v) is 22.7. The highest BCUT2D eigenvalue weighted by molar-refractivity contribution is 5.67. The Balaban J connectivity index is 1.41. The number of nitrogens with zero attached hydrogens (tertiary/aromatic N) is 6. The Morgan fingerprint density at radius 3 is 2.37 bits per heavy atom. The lowest BCUT2D eigenvalue weighted by molar-refractivity contribution is 0.296. The third kappa shape index (κ3) is 4.20. The van der Waals surface area contributed by atoms with Crippen molar-refractivity contribution in [1.82, 2.24) is 29.4 Å². The maximum atomic E-state index is 6.50. The van der Waals surface area contributed by atoms with Gasteiger partial charge in [0.1, 0.15) is 18.7 Å². The number of ether oxygens (including phenoxy) is 4. The monoisotopic (exact) mass is 546 g/mol. The number of aromatic nitrogens is 6. The Bertz CT molecular complexity index is 1870. The molecule has 0 bridgehead atoms. The number of rotatable bonds is 7. The zero-order chi connectivity index (χ0) is 27.9. The van der Waals surface area contributed by atoms with E-state index in [2.05, 4.69) is 10.1 Å². The number of fused-ring (bicyclic) bond motifs is 4. The summed E-state index contributed by atoms with van der Waals surface area (Å²) in [5.74, 6) is 3.24. The predicted octanol–water partition coefficient (Wildman–Crippen LogP) is 5.50. The van der Waals surface area contributed by atoms with Crippen LogP contribution in [-0.2, 0) is 6.61 Å². The minimum absolute atomic E-state index is 0.207. The van der Waals surface area contributed by atoms with Gasteiger partial charge >= 0.3 is 0 Å². The minimum atomic E-state index is -0.325. The summed E-state index contributed by atoms with van der Waals surface area (Å²) >= 11 is 0. The number of hydrogen-bond acceptors (Lipinski definition) is 8. The van der Waals surface area contributed by atoms with E-state index in [1.807, 2.05) is 90.5 Å². The molecule has 7 rings (SSSR count). The summed E-state index contributed by atoms with van der Waals surface area (Å²) in [6.07, 6.45) is 1.61. The molecule has 204 valence electrons. The molecule has 0 spiro atoms. The molecule has 6 aromatic rings. The quantitative estimate of drug-likeness (QED) is 0.259. The third-order valence-electron chi connectivity index (χ3n) is 7.12. The number of aryl methyl sites for hydroxylation is 1. The molecule has 3 aromatic carbocycles. The summed E-state index contributed by atoms with van der Waals surface area (Å²) < 4.78 is 27.1. The maximum absolute atomic E-state index is 6.50. The normalized spacial score (nSPS) is 13.8. The zero-order valence-electron chi connectivity index (χ0n) is 22.7. The van der Waals surface area contributed by atoms with Crippen LogP contribution >= 0.6 is 0 Å². The van der Waals surface area contributed by atoms with E-state index in [0.717, 1.165) is 33.8 Å². The van der Waals surface area contributed by atoms with Crippen LogP contribution < -0.4 is 18.9 Å². The number of para-hydroxylation sites is 2. The van der Waals surface area contributed by atoms with Gasteiger partial charge in [-0.25, -0.2) is 19.2 Å². The molecule has 0 saturated heterocycles. The fraction of sp³-hybridized carbons (Fsp3) is 0.161. The first-order chi connectivity index (χ1) is 20.1. The molecule has 4 heterocycles. The van der Waals surface area contributed by atoms with Gasteiger partial charge in [-0.15, -0.1) is 5.10 Å². The Morgan fingerprint density at radius 2 is 1.61 bits per heavy atom. The van der Waals surface area contributed by atoms with E-state index in [9.17, 15) is 0 Å². The molecule has 10 nitrogen and oxygen atoms in total. The topological polar surface area (TPSA) is 97.8 Å². The van der Waals surface area contributed by atoms with Crippen LogP contribution in [0.4, 0.5) is 0 Å². The predicted molar refractivity (Wildman–Crippen MR) is 150 cm³/mol. The second kappa shape index (κ2) is 9.98. The summed E-state index contributed by atoms with van der Waals surface area (Å²) in [6.45, 7) is 2.19. The summed E-state index contributed by atoms with van der Waals surface area (Å²) in [6, 6.07) is 25.4. The molecule has 0 fully saturated rings. The fourth-order valence-electron chi connectivity index (χ4n) is 5.26. The Labute approximate surface area is 235 Å². The van der Waals surface area contributed by atoms with Gasteiger partial charge in [0.2, 0.25) is 11.8 Å².